The van der Waals surface area contributed by atoms with Crippen molar-refractivity contribution in [3.05, 3.63) is 58.3 Å². The molecule has 2 aromatic carbocycles. The number of nitriles is 1. The van der Waals surface area contributed by atoms with Crippen LogP contribution >= 0.6 is 15.9 Å². The summed E-state index contributed by atoms with van der Waals surface area (Å²) in [5, 5.41) is 11.8. The Morgan fingerprint density at radius 2 is 2.10 bits per heavy atom. The van der Waals surface area contributed by atoms with E-state index in [1.165, 1.54) is 12.1 Å². The average Bonchev–Trinajstić information content (AvgIpc) is 2.45. The fourth-order valence-electron chi connectivity index (χ4n) is 1.64. The van der Waals surface area contributed by atoms with Gasteiger partial charge >= 0.3 is 0 Å². The molecule has 0 radical (unpaired) electrons. The van der Waals surface area contributed by atoms with Crippen molar-refractivity contribution < 1.29 is 9.13 Å². The maximum Gasteiger partial charge on any atom is 0.141 e. The number of halogens is 2. The zero-order valence-corrected chi connectivity index (χ0v) is 12.2. The molecule has 0 atom stereocenters. The molecule has 0 heterocycles. The first-order valence-corrected chi connectivity index (χ1v) is 6.80. The van der Waals surface area contributed by atoms with E-state index in [0.29, 0.717) is 18.8 Å². The number of anilines is 1. The summed E-state index contributed by atoms with van der Waals surface area (Å²) >= 11 is 3.37. The minimum absolute atomic E-state index is 0.0305. The third kappa shape index (κ3) is 3.97. The van der Waals surface area contributed by atoms with Crippen molar-refractivity contribution in [1.82, 2.24) is 0 Å². The van der Waals surface area contributed by atoms with Gasteiger partial charge in [-0.1, -0.05) is 22.0 Å². The summed E-state index contributed by atoms with van der Waals surface area (Å²) in [4.78, 5) is 0. The van der Waals surface area contributed by atoms with Gasteiger partial charge in [0, 0.05) is 16.7 Å². The van der Waals surface area contributed by atoms with Gasteiger partial charge in [-0.3, -0.25) is 0 Å². The minimum atomic E-state index is -0.511. The highest BCUT2D eigenvalue weighted by Gasteiger charge is 2.02. The summed E-state index contributed by atoms with van der Waals surface area (Å²) in [7, 11) is 0. The first-order chi connectivity index (χ1) is 9.69. The molecular formula is C15H12BrFN2O. The number of rotatable bonds is 5. The second-order valence-electron chi connectivity index (χ2n) is 4.04. The molecule has 20 heavy (non-hydrogen) atoms. The molecule has 0 fully saturated rings. The molecule has 0 aliphatic carbocycles. The highest BCUT2D eigenvalue weighted by Crippen LogP contribution is 2.18. The smallest absolute Gasteiger partial charge is 0.141 e. The highest BCUT2D eigenvalue weighted by molar-refractivity contribution is 9.10. The Kier molecular flexibility index (Phi) is 4.97. The van der Waals surface area contributed by atoms with Crippen molar-refractivity contribution >= 4 is 21.6 Å². The third-order valence-corrected chi connectivity index (χ3v) is 3.08. The Morgan fingerprint density at radius 3 is 2.85 bits per heavy atom. The van der Waals surface area contributed by atoms with E-state index in [2.05, 4.69) is 21.2 Å². The van der Waals surface area contributed by atoms with E-state index in [9.17, 15) is 4.39 Å². The Morgan fingerprint density at radius 1 is 1.25 bits per heavy atom. The highest BCUT2D eigenvalue weighted by atomic mass is 79.9. The van der Waals surface area contributed by atoms with Crippen LogP contribution in [0.1, 0.15) is 5.56 Å². The SMILES string of the molecule is N#Cc1cc(NCCOc2cccc(Br)c2)ccc1F. The second kappa shape index (κ2) is 6.92. The topological polar surface area (TPSA) is 45.0 Å². The van der Waals surface area contributed by atoms with E-state index in [-0.39, 0.29) is 5.56 Å². The van der Waals surface area contributed by atoms with Crippen LogP contribution in [0.5, 0.6) is 5.75 Å². The molecule has 0 saturated carbocycles. The van der Waals surface area contributed by atoms with Gasteiger partial charge in [-0.05, 0) is 36.4 Å². The third-order valence-electron chi connectivity index (χ3n) is 2.58. The molecule has 0 aliphatic heterocycles. The van der Waals surface area contributed by atoms with Crippen molar-refractivity contribution in [3.8, 4) is 11.8 Å². The molecule has 0 bridgehead atoms. The number of ether oxygens (including phenoxy) is 1. The van der Waals surface area contributed by atoms with E-state index < -0.39 is 5.82 Å². The lowest BCUT2D eigenvalue weighted by Crippen LogP contribution is -2.11. The number of benzene rings is 2. The van der Waals surface area contributed by atoms with Crippen molar-refractivity contribution in [2.45, 2.75) is 0 Å². The predicted molar refractivity (Wildman–Crippen MR) is 79.2 cm³/mol. The first-order valence-electron chi connectivity index (χ1n) is 6.01. The van der Waals surface area contributed by atoms with Crippen LogP contribution in [0.25, 0.3) is 0 Å². The van der Waals surface area contributed by atoms with E-state index in [1.54, 1.807) is 12.1 Å². The van der Waals surface area contributed by atoms with Gasteiger partial charge in [-0.25, -0.2) is 4.39 Å². The minimum Gasteiger partial charge on any atom is -0.492 e. The summed E-state index contributed by atoms with van der Waals surface area (Å²) < 4.78 is 19.7. The van der Waals surface area contributed by atoms with Gasteiger partial charge in [0.15, 0.2) is 0 Å². The van der Waals surface area contributed by atoms with Gasteiger partial charge in [0.2, 0.25) is 0 Å². The standard InChI is InChI=1S/C15H12BrFN2O/c16-12-2-1-3-14(9-12)20-7-6-19-13-4-5-15(17)11(8-13)10-18/h1-5,8-9,19H,6-7H2. The molecule has 0 amide bonds. The lowest BCUT2D eigenvalue weighted by atomic mass is 10.2. The fourth-order valence-corrected chi connectivity index (χ4v) is 2.02. The zero-order chi connectivity index (χ0) is 14.4. The summed E-state index contributed by atoms with van der Waals surface area (Å²) in [5.74, 6) is 0.265. The Hall–Kier alpha value is -2.06. The van der Waals surface area contributed by atoms with Crippen LogP contribution in [-0.4, -0.2) is 13.2 Å². The monoisotopic (exact) mass is 334 g/mol. The van der Waals surface area contributed by atoms with Crippen LogP contribution in [0.15, 0.2) is 46.9 Å². The lowest BCUT2D eigenvalue weighted by molar-refractivity contribution is 0.332. The summed E-state index contributed by atoms with van der Waals surface area (Å²) in [5.41, 5.74) is 0.726. The Bertz CT molecular complexity index is 640. The van der Waals surface area contributed by atoms with Gasteiger partial charge < -0.3 is 10.1 Å². The van der Waals surface area contributed by atoms with Crippen LogP contribution in [0.3, 0.4) is 0 Å². The second-order valence-corrected chi connectivity index (χ2v) is 4.95. The molecule has 0 saturated heterocycles. The number of hydrogen-bond donors (Lipinski definition) is 1. The molecular weight excluding hydrogens is 323 g/mol. The Labute approximate surface area is 125 Å². The molecule has 0 aromatic heterocycles. The predicted octanol–water partition coefficient (Wildman–Crippen LogP) is 3.95. The molecule has 2 aromatic rings. The molecule has 1 N–H and O–H groups in total. The lowest BCUT2D eigenvalue weighted by Gasteiger charge is -2.09. The van der Waals surface area contributed by atoms with Crippen molar-refractivity contribution in [2.24, 2.45) is 0 Å². The van der Waals surface area contributed by atoms with Crippen molar-refractivity contribution in [2.75, 3.05) is 18.5 Å². The normalized spacial score (nSPS) is 9.85. The Balaban J connectivity index is 1.83. The summed E-state index contributed by atoms with van der Waals surface area (Å²) in [6.07, 6.45) is 0. The van der Waals surface area contributed by atoms with Crippen molar-refractivity contribution in [1.29, 1.82) is 5.26 Å². The van der Waals surface area contributed by atoms with E-state index in [4.69, 9.17) is 10.00 Å². The maximum atomic E-state index is 13.1. The molecule has 102 valence electrons. The molecule has 0 unspecified atom stereocenters. The van der Waals surface area contributed by atoms with Gasteiger partial charge in [0.05, 0.1) is 5.56 Å². The first kappa shape index (κ1) is 14.4. The van der Waals surface area contributed by atoms with E-state index in [0.717, 1.165) is 10.2 Å². The van der Waals surface area contributed by atoms with E-state index in [1.807, 2.05) is 24.3 Å². The molecule has 0 spiro atoms. The van der Waals surface area contributed by atoms with Crippen LogP contribution in [0.2, 0.25) is 0 Å². The molecule has 2 rings (SSSR count). The average molecular weight is 335 g/mol. The number of hydrogen-bond acceptors (Lipinski definition) is 3. The molecule has 3 nitrogen and oxygen atoms in total. The van der Waals surface area contributed by atoms with Crippen LogP contribution in [0, 0.1) is 17.1 Å². The fraction of sp³-hybridized carbons (Fsp3) is 0.133. The largest absolute Gasteiger partial charge is 0.492 e. The van der Waals surface area contributed by atoms with Gasteiger partial charge in [0.1, 0.15) is 24.2 Å². The number of nitrogens with zero attached hydrogens (tertiary/aromatic N) is 1. The summed E-state index contributed by atoms with van der Waals surface area (Å²) in [6.45, 7) is 1.03. The maximum absolute atomic E-state index is 13.1. The zero-order valence-electron chi connectivity index (χ0n) is 10.6. The quantitative estimate of drug-likeness (QED) is 0.842. The molecule has 0 aliphatic rings. The van der Waals surface area contributed by atoms with Crippen LogP contribution < -0.4 is 10.1 Å². The number of nitrogens with one attached hydrogen (secondary N) is 1. The van der Waals surface area contributed by atoms with Gasteiger partial charge in [0.25, 0.3) is 0 Å². The van der Waals surface area contributed by atoms with Crippen molar-refractivity contribution in [3.63, 3.8) is 0 Å². The van der Waals surface area contributed by atoms with Gasteiger partial charge in [-0.15, -0.1) is 0 Å². The van der Waals surface area contributed by atoms with Gasteiger partial charge in [-0.2, -0.15) is 5.26 Å². The van der Waals surface area contributed by atoms with Crippen LogP contribution in [-0.2, 0) is 0 Å². The molecule has 5 heteroatoms. The van der Waals surface area contributed by atoms with Crippen LogP contribution in [0.4, 0.5) is 10.1 Å². The summed E-state index contributed by atoms with van der Waals surface area (Å²) in [6, 6.07) is 13.7. The van der Waals surface area contributed by atoms with E-state index >= 15 is 0 Å².